The second-order valence-electron chi connectivity index (χ2n) is 5.30. The molecule has 0 saturated carbocycles. The zero-order chi connectivity index (χ0) is 17.8. The highest BCUT2D eigenvalue weighted by Crippen LogP contribution is 2.21. The van der Waals surface area contributed by atoms with Crippen LogP contribution in [0.5, 0.6) is 0 Å². The summed E-state index contributed by atoms with van der Waals surface area (Å²) in [6.45, 7) is 1.90. The predicted molar refractivity (Wildman–Crippen MR) is 103 cm³/mol. The van der Waals surface area contributed by atoms with Crippen LogP contribution in [-0.4, -0.2) is 16.8 Å². The van der Waals surface area contributed by atoms with Crippen LogP contribution >= 0.6 is 34.3 Å². The number of amides is 2. The summed E-state index contributed by atoms with van der Waals surface area (Å²) in [5, 5.41) is 11.9. The zero-order valence-electron chi connectivity index (χ0n) is 13.2. The SMILES string of the molecule is Cc1ccc(NC(=O)Cc2csc(NC(=O)c3ccsc3)n2)cc1Cl. The van der Waals surface area contributed by atoms with Crippen molar-refractivity contribution in [2.75, 3.05) is 10.6 Å². The van der Waals surface area contributed by atoms with Crippen LogP contribution in [0.15, 0.2) is 40.4 Å². The van der Waals surface area contributed by atoms with E-state index in [1.54, 1.807) is 29.0 Å². The molecule has 25 heavy (non-hydrogen) atoms. The van der Waals surface area contributed by atoms with Gasteiger partial charge in [-0.3, -0.25) is 14.9 Å². The highest BCUT2D eigenvalue weighted by atomic mass is 35.5. The summed E-state index contributed by atoms with van der Waals surface area (Å²) in [6, 6.07) is 7.10. The first-order chi connectivity index (χ1) is 12.0. The summed E-state index contributed by atoms with van der Waals surface area (Å²) >= 11 is 8.79. The number of thiophene rings is 1. The van der Waals surface area contributed by atoms with Gasteiger partial charge in [-0.2, -0.15) is 11.3 Å². The number of benzene rings is 1. The van der Waals surface area contributed by atoms with Crippen LogP contribution < -0.4 is 10.6 Å². The molecule has 0 aliphatic carbocycles. The number of halogens is 1. The number of carbonyl (C=O) groups is 2. The van der Waals surface area contributed by atoms with Crippen LogP contribution in [-0.2, 0) is 11.2 Å². The van der Waals surface area contributed by atoms with E-state index in [9.17, 15) is 9.59 Å². The largest absolute Gasteiger partial charge is 0.326 e. The molecule has 0 fully saturated rings. The second kappa shape index (κ2) is 7.77. The fourth-order valence-electron chi connectivity index (χ4n) is 2.05. The van der Waals surface area contributed by atoms with Gasteiger partial charge in [-0.1, -0.05) is 17.7 Å². The predicted octanol–water partition coefficient (Wildman–Crippen LogP) is 4.60. The van der Waals surface area contributed by atoms with Gasteiger partial charge in [0, 0.05) is 21.5 Å². The average Bonchev–Trinajstić information content (AvgIpc) is 3.23. The molecule has 0 atom stereocenters. The van der Waals surface area contributed by atoms with E-state index in [0.717, 1.165) is 5.56 Å². The van der Waals surface area contributed by atoms with Gasteiger partial charge in [0.15, 0.2) is 5.13 Å². The second-order valence-corrected chi connectivity index (χ2v) is 7.34. The van der Waals surface area contributed by atoms with Crippen LogP contribution in [0.3, 0.4) is 0 Å². The number of anilines is 2. The van der Waals surface area contributed by atoms with Gasteiger partial charge in [-0.05, 0) is 36.1 Å². The van der Waals surface area contributed by atoms with Crippen LogP contribution in [0.1, 0.15) is 21.6 Å². The summed E-state index contributed by atoms with van der Waals surface area (Å²) < 4.78 is 0. The van der Waals surface area contributed by atoms with Crippen LogP contribution in [0, 0.1) is 6.92 Å². The molecule has 2 aromatic heterocycles. The van der Waals surface area contributed by atoms with Gasteiger partial charge in [0.1, 0.15) is 0 Å². The molecule has 128 valence electrons. The molecule has 2 heterocycles. The number of thiazole rings is 1. The number of hydrogen-bond acceptors (Lipinski definition) is 5. The molecule has 5 nitrogen and oxygen atoms in total. The summed E-state index contributed by atoms with van der Waals surface area (Å²) in [7, 11) is 0. The van der Waals surface area contributed by atoms with Crippen LogP contribution in [0.4, 0.5) is 10.8 Å². The van der Waals surface area contributed by atoms with Crippen molar-refractivity contribution in [1.29, 1.82) is 0 Å². The first kappa shape index (κ1) is 17.6. The van der Waals surface area contributed by atoms with Crippen molar-refractivity contribution in [1.82, 2.24) is 4.98 Å². The molecule has 1 aromatic carbocycles. The van der Waals surface area contributed by atoms with Gasteiger partial charge in [0.25, 0.3) is 5.91 Å². The van der Waals surface area contributed by atoms with Crippen molar-refractivity contribution >= 4 is 56.9 Å². The molecule has 8 heteroatoms. The summed E-state index contributed by atoms with van der Waals surface area (Å²) in [5.41, 5.74) is 2.78. The molecular formula is C17H14ClN3O2S2. The zero-order valence-corrected chi connectivity index (χ0v) is 15.6. The Hall–Kier alpha value is -2.22. The Kier molecular flexibility index (Phi) is 5.47. The molecule has 3 rings (SSSR count). The van der Waals surface area contributed by atoms with E-state index in [1.165, 1.54) is 22.7 Å². The van der Waals surface area contributed by atoms with Gasteiger partial charge in [0.05, 0.1) is 17.7 Å². The summed E-state index contributed by atoms with van der Waals surface area (Å²) in [4.78, 5) is 28.4. The third kappa shape index (κ3) is 4.66. The standard InChI is InChI=1S/C17H14ClN3O2S2/c1-10-2-3-12(6-14(10)18)19-15(22)7-13-9-25-17(20-13)21-16(23)11-4-5-24-8-11/h2-6,8-9H,7H2,1H3,(H,19,22)(H,20,21,23). The van der Waals surface area contributed by atoms with Crippen molar-refractivity contribution < 1.29 is 9.59 Å². The van der Waals surface area contributed by atoms with Crippen molar-refractivity contribution in [2.45, 2.75) is 13.3 Å². The number of nitrogens with one attached hydrogen (secondary N) is 2. The highest BCUT2D eigenvalue weighted by Gasteiger charge is 2.12. The third-order valence-electron chi connectivity index (χ3n) is 3.35. The lowest BCUT2D eigenvalue weighted by Crippen LogP contribution is -2.15. The Labute approximate surface area is 157 Å². The van der Waals surface area contributed by atoms with E-state index in [4.69, 9.17) is 11.6 Å². The number of aryl methyl sites for hydroxylation is 1. The number of hydrogen-bond donors (Lipinski definition) is 2. The molecule has 0 unspecified atom stereocenters. The van der Waals surface area contributed by atoms with Gasteiger partial charge >= 0.3 is 0 Å². The monoisotopic (exact) mass is 391 g/mol. The van der Waals surface area contributed by atoms with Gasteiger partial charge < -0.3 is 5.32 Å². The first-order valence-corrected chi connectivity index (χ1v) is 9.55. The van der Waals surface area contributed by atoms with Gasteiger partial charge in [-0.25, -0.2) is 4.98 Å². The van der Waals surface area contributed by atoms with E-state index in [2.05, 4.69) is 15.6 Å². The molecule has 0 spiro atoms. The van der Waals surface area contributed by atoms with Crippen molar-refractivity contribution in [2.24, 2.45) is 0 Å². The van der Waals surface area contributed by atoms with Gasteiger partial charge in [0.2, 0.25) is 5.91 Å². The summed E-state index contributed by atoms with van der Waals surface area (Å²) in [6.07, 6.45) is 0.121. The molecular weight excluding hydrogens is 378 g/mol. The summed E-state index contributed by atoms with van der Waals surface area (Å²) in [5.74, 6) is -0.401. The topological polar surface area (TPSA) is 71.1 Å². The van der Waals surface area contributed by atoms with Crippen molar-refractivity contribution in [3.05, 3.63) is 62.2 Å². The van der Waals surface area contributed by atoms with E-state index >= 15 is 0 Å². The van der Waals surface area contributed by atoms with E-state index in [0.29, 0.717) is 27.1 Å². The Bertz CT molecular complexity index is 907. The smallest absolute Gasteiger partial charge is 0.258 e. The van der Waals surface area contributed by atoms with Gasteiger partial charge in [-0.15, -0.1) is 11.3 Å². The number of rotatable bonds is 5. The molecule has 0 aliphatic heterocycles. The minimum atomic E-state index is -0.208. The molecule has 0 saturated heterocycles. The van der Waals surface area contributed by atoms with E-state index in [-0.39, 0.29) is 18.2 Å². The minimum Gasteiger partial charge on any atom is -0.326 e. The maximum atomic E-state index is 12.1. The lowest BCUT2D eigenvalue weighted by atomic mass is 10.2. The van der Waals surface area contributed by atoms with Crippen molar-refractivity contribution in [3.8, 4) is 0 Å². The third-order valence-corrected chi connectivity index (χ3v) is 5.25. The Balaban J connectivity index is 1.58. The minimum absolute atomic E-state index is 0.121. The maximum absolute atomic E-state index is 12.1. The fraction of sp³-hybridized carbons (Fsp3) is 0.118. The maximum Gasteiger partial charge on any atom is 0.258 e. The van der Waals surface area contributed by atoms with Crippen LogP contribution in [0.2, 0.25) is 5.02 Å². The quantitative estimate of drug-likeness (QED) is 0.667. The number of aromatic nitrogens is 1. The van der Waals surface area contributed by atoms with Crippen LogP contribution in [0.25, 0.3) is 0 Å². The molecule has 2 N–H and O–H groups in total. The highest BCUT2D eigenvalue weighted by molar-refractivity contribution is 7.14. The Morgan fingerprint density at radius 2 is 2.04 bits per heavy atom. The average molecular weight is 392 g/mol. The Morgan fingerprint density at radius 3 is 2.76 bits per heavy atom. The first-order valence-electron chi connectivity index (χ1n) is 7.35. The van der Waals surface area contributed by atoms with E-state index in [1.807, 2.05) is 18.4 Å². The normalized spacial score (nSPS) is 10.5. The molecule has 2 amide bonds. The lowest BCUT2D eigenvalue weighted by molar-refractivity contribution is -0.115. The number of carbonyl (C=O) groups excluding carboxylic acids is 2. The van der Waals surface area contributed by atoms with E-state index < -0.39 is 0 Å². The molecule has 0 radical (unpaired) electrons. The van der Waals surface area contributed by atoms with Crippen molar-refractivity contribution in [3.63, 3.8) is 0 Å². The number of nitrogens with zero attached hydrogens (tertiary/aromatic N) is 1. The molecule has 0 bridgehead atoms. The molecule has 3 aromatic rings. The fourth-order valence-corrected chi connectivity index (χ4v) is 3.57. The molecule has 0 aliphatic rings. The Morgan fingerprint density at radius 1 is 1.20 bits per heavy atom. The lowest BCUT2D eigenvalue weighted by Gasteiger charge is -2.06.